The van der Waals surface area contributed by atoms with Gasteiger partial charge < -0.3 is 4.74 Å². The van der Waals surface area contributed by atoms with Gasteiger partial charge in [-0.2, -0.15) is 10.1 Å². The number of urea groups is 1. The van der Waals surface area contributed by atoms with Crippen molar-refractivity contribution in [3.63, 3.8) is 0 Å². The van der Waals surface area contributed by atoms with Crippen molar-refractivity contribution in [2.24, 2.45) is 10.1 Å². The Bertz CT molecular complexity index is 1890. The van der Waals surface area contributed by atoms with Gasteiger partial charge in [-0.1, -0.05) is 50.2 Å². The minimum absolute atomic E-state index is 0.286. The van der Waals surface area contributed by atoms with E-state index in [-0.39, 0.29) is 11.7 Å². The molecule has 0 unspecified atom stereocenters. The third-order valence-electron chi connectivity index (χ3n) is 6.50. The zero-order chi connectivity index (χ0) is 32.1. The molecule has 2 aromatic heterocycles. The average molecular weight is 652 g/mol. The molecule has 0 spiro atoms. The van der Waals surface area contributed by atoms with E-state index in [4.69, 9.17) is 0 Å². The summed E-state index contributed by atoms with van der Waals surface area (Å²) in [6, 6.07) is 18.2. The summed E-state index contributed by atoms with van der Waals surface area (Å²) in [4.78, 5) is 21.9. The molecule has 45 heavy (non-hydrogen) atoms. The van der Waals surface area contributed by atoms with Crippen molar-refractivity contribution in [3.8, 4) is 28.5 Å². The molecular weight excluding hydrogens is 624 g/mol. The number of nitrogens with zero attached hydrogens (tertiary/aromatic N) is 6. The predicted molar refractivity (Wildman–Crippen MR) is 169 cm³/mol. The fourth-order valence-electron chi connectivity index (χ4n) is 4.39. The number of hydrazone groups is 1. The number of benzene rings is 3. The molecule has 3 aromatic carbocycles. The smallest absolute Gasteiger partial charge is 0.406 e. The normalized spacial score (nSPS) is 12.3. The second-order valence-electron chi connectivity index (χ2n) is 10.1. The lowest BCUT2D eigenvalue weighted by Gasteiger charge is -2.16. The van der Waals surface area contributed by atoms with Crippen molar-refractivity contribution in [1.29, 1.82) is 0 Å². The van der Waals surface area contributed by atoms with Crippen LogP contribution >= 0.6 is 23.1 Å². The van der Waals surface area contributed by atoms with Crippen molar-refractivity contribution < 1.29 is 22.7 Å². The van der Waals surface area contributed by atoms with Gasteiger partial charge in [0, 0.05) is 10.9 Å². The van der Waals surface area contributed by atoms with E-state index in [9.17, 15) is 18.0 Å². The Morgan fingerprint density at radius 2 is 1.82 bits per heavy atom. The van der Waals surface area contributed by atoms with Crippen LogP contribution in [0.25, 0.3) is 22.8 Å². The molecule has 0 radical (unpaired) electrons. The van der Waals surface area contributed by atoms with E-state index in [1.165, 1.54) is 52.8 Å². The highest BCUT2D eigenvalue weighted by atomic mass is 32.2. The number of hydrogen-bond acceptors (Lipinski definition) is 7. The Hall–Kier alpha value is -4.69. The van der Waals surface area contributed by atoms with Crippen LogP contribution in [0, 0.1) is 6.92 Å². The van der Waals surface area contributed by atoms with Crippen LogP contribution in [-0.2, 0) is 0 Å². The molecule has 0 saturated carbocycles. The largest absolute Gasteiger partial charge is 0.573 e. The first-order chi connectivity index (χ1) is 21.5. The molecular formula is C31H28F3N7O2S2. The first-order valence-corrected chi connectivity index (χ1v) is 15.7. The van der Waals surface area contributed by atoms with E-state index >= 15 is 0 Å². The lowest BCUT2D eigenvalue weighted by molar-refractivity contribution is -0.274. The van der Waals surface area contributed by atoms with E-state index in [1.807, 2.05) is 23.1 Å². The third-order valence-corrected chi connectivity index (χ3v) is 8.20. The van der Waals surface area contributed by atoms with Crippen molar-refractivity contribution in [2.75, 3.05) is 6.26 Å². The van der Waals surface area contributed by atoms with Gasteiger partial charge in [0.2, 0.25) is 0 Å². The summed E-state index contributed by atoms with van der Waals surface area (Å²) in [5.41, 5.74) is 7.69. The fourth-order valence-corrected chi connectivity index (χ4v) is 6.09. The molecule has 232 valence electrons. The first kappa shape index (κ1) is 31.7. The van der Waals surface area contributed by atoms with Crippen LogP contribution in [-0.4, -0.2) is 44.2 Å². The third kappa shape index (κ3) is 7.88. The van der Waals surface area contributed by atoms with Crippen LogP contribution in [0.1, 0.15) is 36.5 Å². The van der Waals surface area contributed by atoms with Crippen LogP contribution in [0.4, 0.5) is 18.0 Å². The maximum atomic E-state index is 12.7. The molecule has 1 N–H and O–H groups in total. The molecule has 14 heteroatoms. The molecule has 5 aromatic rings. The zero-order valence-corrected chi connectivity index (χ0v) is 26.2. The highest BCUT2D eigenvalue weighted by Crippen LogP contribution is 2.28. The van der Waals surface area contributed by atoms with Gasteiger partial charge in [0.25, 0.3) is 0 Å². The molecule has 0 atom stereocenters. The number of carbonyl (C=O) groups is 1. The number of rotatable bonds is 8. The topological polar surface area (TPSA) is 98.7 Å². The van der Waals surface area contributed by atoms with Gasteiger partial charge in [-0.25, -0.2) is 19.9 Å². The minimum atomic E-state index is -4.76. The summed E-state index contributed by atoms with van der Waals surface area (Å²) in [7, 11) is 0. The first-order valence-electron chi connectivity index (χ1n) is 13.6. The summed E-state index contributed by atoms with van der Waals surface area (Å²) in [6.45, 7) is 6.31. The van der Waals surface area contributed by atoms with Gasteiger partial charge in [-0.3, -0.25) is 4.57 Å². The molecule has 9 nitrogen and oxygen atoms in total. The number of amides is 2. The number of thiazole rings is 1. The quantitative estimate of drug-likeness (QED) is 0.107. The average Bonchev–Trinajstić information content (AvgIpc) is 3.64. The van der Waals surface area contributed by atoms with E-state index < -0.39 is 12.4 Å². The maximum Gasteiger partial charge on any atom is 0.573 e. The summed E-state index contributed by atoms with van der Waals surface area (Å²) in [5.74, 6) is 0.384. The van der Waals surface area contributed by atoms with Gasteiger partial charge in [0.15, 0.2) is 10.6 Å². The highest BCUT2D eigenvalue weighted by Gasteiger charge is 2.31. The van der Waals surface area contributed by atoms with E-state index in [1.54, 1.807) is 36.0 Å². The van der Waals surface area contributed by atoms with Crippen LogP contribution in [0.5, 0.6) is 5.75 Å². The summed E-state index contributed by atoms with van der Waals surface area (Å²) < 4.78 is 44.6. The summed E-state index contributed by atoms with van der Waals surface area (Å²) >= 11 is 2.97. The van der Waals surface area contributed by atoms with Crippen LogP contribution in [0.15, 0.2) is 93.6 Å². The Morgan fingerprint density at radius 3 is 2.49 bits per heavy atom. The van der Waals surface area contributed by atoms with Gasteiger partial charge in [-0.15, -0.1) is 41.4 Å². The van der Waals surface area contributed by atoms with Gasteiger partial charge in [0.05, 0.1) is 22.6 Å². The minimum Gasteiger partial charge on any atom is -0.406 e. The number of alkyl halides is 3. The highest BCUT2D eigenvalue weighted by molar-refractivity contribution is 7.98. The Balaban J connectivity index is 1.26. The molecule has 5 rings (SSSR count). The molecule has 0 saturated heterocycles. The van der Waals surface area contributed by atoms with Crippen LogP contribution in [0.3, 0.4) is 0 Å². The second-order valence-corrected chi connectivity index (χ2v) is 11.7. The number of carbonyl (C=O) groups excluding carboxylic acids is 1. The number of aromatic nitrogens is 4. The summed E-state index contributed by atoms with van der Waals surface area (Å²) in [6.07, 6.45) is 0.195. The van der Waals surface area contributed by atoms with Gasteiger partial charge in [0.1, 0.15) is 12.1 Å². The van der Waals surface area contributed by atoms with E-state index in [0.29, 0.717) is 21.9 Å². The number of hydrogen-bond donors (Lipinski definition) is 1. The van der Waals surface area contributed by atoms with Crippen molar-refractivity contribution >= 4 is 35.3 Å². The Morgan fingerprint density at radius 1 is 1.09 bits per heavy atom. The molecule has 0 aliphatic rings. The number of nitrogens with one attached hydrogen (secondary N) is 1. The van der Waals surface area contributed by atoms with Crippen LogP contribution in [0.2, 0.25) is 0 Å². The van der Waals surface area contributed by atoms with Gasteiger partial charge in [-0.05, 0) is 66.1 Å². The van der Waals surface area contributed by atoms with Crippen LogP contribution < -0.4 is 15.0 Å². The molecule has 2 amide bonds. The maximum absolute atomic E-state index is 12.7. The SMILES string of the molecule is CSc1csc(=NC(=O)N/N=C/c2ccc(-c3ncn(-c4ccc(OC(F)(F)F)cc4)n3)cc2)n1-c1cc(C)ccc1C(C)C. The van der Waals surface area contributed by atoms with Gasteiger partial charge >= 0.3 is 12.4 Å². The van der Waals surface area contributed by atoms with Crippen molar-refractivity contribution in [3.05, 3.63) is 99.9 Å². The van der Waals surface area contributed by atoms with Crippen molar-refractivity contribution in [1.82, 2.24) is 24.8 Å². The monoisotopic (exact) mass is 651 g/mol. The zero-order valence-electron chi connectivity index (χ0n) is 24.6. The van der Waals surface area contributed by atoms with E-state index in [0.717, 1.165) is 27.4 Å². The lowest BCUT2D eigenvalue weighted by atomic mass is 9.99. The Labute approximate surface area is 265 Å². The fraction of sp³-hybridized carbons (Fsp3) is 0.194. The number of aryl methyl sites for hydroxylation is 1. The molecule has 0 aliphatic heterocycles. The standard InChI is InChI=1S/C31H28F3N7O2S2/c1-19(2)25-14-5-20(3)15-26(25)41-27(44-4)17-45-30(41)37-29(42)38-36-16-21-6-8-22(9-7-21)28-35-18-40(39-28)23-10-12-24(13-11-23)43-31(32,33)34/h5-19H,1-4H3,(H,38,42)/b36-16+,37-30?. The summed E-state index contributed by atoms with van der Waals surface area (Å²) in [5, 5.41) is 11.4. The number of halogens is 3. The molecule has 0 aliphatic carbocycles. The molecule has 0 fully saturated rings. The molecule has 2 heterocycles. The predicted octanol–water partition coefficient (Wildman–Crippen LogP) is 7.48. The number of thioether (sulfide) groups is 1. The lowest BCUT2D eigenvalue weighted by Crippen LogP contribution is -2.22. The number of ether oxygens (including phenoxy) is 1. The Kier molecular flexibility index (Phi) is 9.54. The molecule has 0 bridgehead atoms. The van der Waals surface area contributed by atoms with E-state index in [2.05, 4.69) is 62.4 Å². The van der Waals surface area contributed by atoms with Crippen molar-refractivity contribution in [2.45, 2.75) is 38.1 Å². The second kappa shape index (κ2) is 13.5.